The summed E-state index contributed by atoms with van der Waals surface area (Å²) in [7, 11) is 1.55. The third-order valence-electron chi connectivity index (χ3n) is 2.47. The second-order valence-corrected chi connectivity index (χ2v) is 4.81. The van der Waals surface area contributed by atoms with Gasteiger partial charge in [-0.1, -0.05) is 11.8 Å². The van der Waals surface area contributed by atoms with Gasteiger partial charge in [-0.05, 0) is 19.9 Å². The Morgan fingerprint density at radius 2 is 2.14 bits per heavy atom. The highest BCUT2D eigenvalue weighted by Crippen LogP contribution is 2.05. The van der Waals surface area contributed by atoms with Gasteiger partial charge in [-0.3, -0.25) is 14.6 Å². The van der Waals surface area contributed by atoms with E-state index in [0.29, 0.717) is 11.1 Å². The van der Waals surface area contributed by atoms with E-state index in [0.717, 1.165) is 0 Å². The first-order chi connectivity index (χ1) is 9.93. The lowest BCUT2D eigenvalue weighted by Crippen LogP contribution is -2.40. The molecule has 0 saturated carbocycles. The molecule has 6 nitrogen and oxygen atoms in total. The summed E-state index contributed by atoms with van der Waals surface area (Å²) in [5.74, 6) is 4.64. The zero-order chi connectivity index (χ0) is 15.8. The molecular formula is C15H19N3O3. The molecule has 0 aliphatic carbocycles. The van der Waals surface area contributed by atoms with Gasteiger partial charge in [0.1, 0.15) is 6.61 Å². The van der Waals surface area contributed by atoms with E-state index < -0.39 is 0 Å². The Balaban J connectivity index is 2.76. The van der Waals surface area contributed by atoms with Gasteiger partial charge < -0.3 is 15.3 Å². The van der Waals surface area contributed by atoms with Crippen LogP contribution in [0.15, 0.2) is 18.5 Å². The average molecular weight is 289 g/mol. The third kappa shape index (κ3) is 5.63. The van der Waals surface area contributed by atoms with Crippen molar-refractivity contribution in [2.75, 3.05) is 20.2 Å². The van der Waals surface area contributed by atoms with Gasteiger partial charge in [0.05, 0.1) is 12.1 Å². The van der Waals surface area contributed by atoms with Crippen LogP contribution >= 0.6 is 0 Å². The topological polar surface area (TPSA) is 82.5 Å². The monoisotopic (exact) mass is 289 g/mol. The van der Waals surface area contributed by atoms with E-state index in [4.69, 9.17) is 5.11 Å². The largest absolute Gasteiger partial charge is 0.384 e. The van der Waals surface area contributed by atoms with Crippen LogP contribution in [0.25, 0.3) is 0 Å². The number of carbonyl (C=O) groups excluding carboxylic acids is 2. The molecule has 112 valence electrons. The van der Waals surface area contributed by atoms with E-state index in [1.54, 1.807) is 13.1 Å². The van der Waals surface area contributed by atoms with Gasteiger partial charge in [0, 0.05) is 31.0 Å². The minimum absolute atomic E-state index is 0.0242. The lowest BCUT2D eigenvalue weighted by atomic mass is 10.2. The molecule has 0 radical (unpaired) electrons. The summed E-state index contributed by atoms with van der Waals surface area (Å²) >= 11 is 0. The van der Waals surface area contributed by atoms with Crippen molar-refractivity contribution in [1.82, 2.24) is 15.2 Å². The second kappa shape index (κ2) is 8.02. The molecule has 0 unspecified atom stereocenters. The van der Waals surface area contributed by atoms with Crippen LogP contribution < -0.4 is 5.32 Å². The van der Waals surface area contributed by atoms with E-state index in [9.17, 15) is 9.59 Å². The Kier molecular flexibility index (Phi) is 6.37. The van der Waals surface area contributed by atoms with Crippen molar-refractivity contribution in [2.24, 2.45) is 0 Å². The Morgan fingerprint density at radius 3 is 2.76 bits per heavy atom. The van der Waals surface area contributed by atoms with Crippen molar-refractivity contribution in [2.45, 2.75) is 19.9 Å². The van der Waals surface area contributed by atoms with Crippen LogP contribution in [0.1, 0.15) is 29.8 Å². The molecule has 0 spiro atoms. The van der Waals surface area contributed by atoms with Gasteiger partial charge in [-0.2, -0.15) is 0 Å². The number of likely N-dealkylation sites (N-methyl/N-ethyl adjacent to an activating group) is 1. The molecule has 0 bridgehead atoms. The smallest absolute Gasteiger partial charge is 0.255 e. The van der Waals surface area contributed by atoms with Crippen LogP contribution in [0.5, 0.6) is 0 Å². The number of hydrogen-bond acceptors (Lipinski definition) is 4. The van der Waals surface area contributed by atoms with Crippen LogP contribution in [0.3, 0.4) is 0 Å². The fourth-order valence-electron chi connectivity index (χ4n) is 1.64. The average Bonchev–Trinajstić information content (AvgIpc) is 2.43. The van der Waals surface area contributed by atoms with Crippen molar-refractivity contribution < 1.29 is 14.7 Å². The number of aliphatic hydroxyl groups is 1. The van der Waals surface area contributed by atoms with Gasteiger partial charge in [0.25, 0.3) is 5.91 Å². The first-order valence-corrected chi connectivity index (χ1v) is 6.53. The Bertz CT molecular complexity index is 573. The van der Waals surface area contributed by atoms with E-state index in [1.165, 1.54) is 17.3 Å². The number of nitrogens with zero attached hydrogens (tertiary/aromatic N) is 2. The molecule has 1 heterocycles. The summed E-state index contributed by atoms with van der Waals surface area (Å²) in [6.45, 7) is 3.43. The highest BCUT2D eigenvalue weighted by molar-refractivity contribution is 5.96. The Hall–Kier alpha value is -2.39. The molecule has 6 heteroatoms. The quantitative estimate of drug-likeness (QED) is 0.766. The molecule has 2 amide bonds. The molecular weight excluding hydrogens is 270 g/mol. The summed E-state index contributed by atoms with van der Waals surface area (Å²) in [6, 6.07) is 1.61. The second-order valence-electron chi connectivity index (χ2n) is 4.81. The maximum Gasteiger partial charge on any atom is 0.255 e. The Morgan fingerprint density at radius 1 is 1.43 bits per heavy atom. The lowest BCUT2D eigenvalue weighted by molar-refractivity contribution is -0.122. The highest BCUT2D eigenvalue weighted by Gasteiger charge is 2.15. The van der Waals surface area contributed by atoms with E-state index in [-0.39, 0.29) is 31.0 Å². The van der Waals surface area contributed by atoms with Crippen molar-refractivity contribution in [3.8, 4) is 11.8 Å². The molecule has 1 aromatic heterocycles. The SMILES string of the molecule is CC(C)NC(=O)CN(C)C(=O)c1cncc(C#CCO)c1. The number of aliphatic hydroxyl groups excluding tert-OH is 1. The van der Waals surface area contributed by atoms with Crippen molar-refractivity contribution in [3.63, 3.8) is 0 Å². The third-order valence-corrected chi connectivity index (χ3v) is 2.47. The first kappa shape index (κ1) is 16.7. The highest BCUT2D eigenvalue weighted by atomic mass is 16.2. The van der Waals surface area contributed by atoms with Crippen LogP contribution in [0.2, 0.25) is 0 Å². The van der Waals surface area contributed by atoms with Gasteiger partial charge in [-0.25, -0.2) is 0 Å². The first-order valence-electron chi connectivity index (χ1n) is 6.53. The predicted octanol–water partition coefficient (Wildman–Crippen LogP) is 0.0220. The van der Waals surface area contributed by atoms with E-state index in [2.05, 4.69) is 22.1 Å². The number of rotatable bonds is 4. The number of pyridine rings is 1. The van der Waals surface area contributed by atoms with E-state index in [1.807, 2.05) is 13.8 Å². The minimum Gasteiger partial charge on any atom is -0.384 e. The van der Waals surface area contributed by atoms with Gasteiger partial charge in [0.2, 0.25) is 5.91 Å². The molecule has 1 rings (SSSR count). The number of amides is 2. The molecule has 0 saturated heterocycles. The molecule has 21 heavy (non-hydrogen) atoms. The van der Waals surface area contributed by atoms with Gasteiger partial charge in [0.15, 0.2) is 0 Å². The molecule has 2 N–H and O–H groups in total. The zero-order valence-corrected chi connectivity index (χ0v) is 12.4. The van der Waals surface area contributed by atoms with E-state index >= 15 is 0 Å². The van der Waals surface area contributed by atoms with Crippen LogP contribution in [0.4, 0.5) is 0 Å². The number of nitrogens with one attached hydrogen (secondary N) is 1. The fourth-order valence-corrected chi connectivity index (χ4v) is 1.64. The summed E-state index contributed by atoms with van der Waals surface area (Å²) in [5.41, 5.74) is 0.884. The van der Waals surface area contributed by atoms with Crippen molar-refractivity contribution in [1.29, 1.82) is 0 Å². The molecule has 1 aromatic rings. The lowest BCUT2D eigenvalue weighted by Gasteiger charge is -2.17. The standard InChI is InChI=1S/C15H19N3O3/c1-11(2)17-14(20)10-18(3)15(21)13-7-12(5-4-6-19)8-16-9-13/h7-9,11,19H,6,10H2,1-3H3,(H,17,20). The van der Waals surface area contributed by atoms with Crippen molar-refractivity contribution >= 4 is 11.8 Å². The van der Waals surface area contributed by atoms with Crippen LogP contribution in [-0.4, -0.2) is 53.0 Å². The summed E-state index contributed by atoms with van der Waals surface area (Å²) in [5, 5.41) is 11.4. The maximum atomic E-state index is 12.2. The van der Waals surface area contributed by atoms with Crippen LogP contribution in [0, 0.1) is 11.8 Å². The molecule has 0 fully saturated rings. The summed E-state index contributed by atoms with van der Waals surface area (Å²) in [4.78, 5) is 29.1. The van der Waals surface area contributed by atoms with Crippen molar-refractivity contribution in [3.05, 3.63) is 29.6 Å². The molecule has 0 atom stereocenters. The summed E-state index contributed by atoms with van der Waals surface area (Å²) < 4.78 is 0. The minimum atomic E-state index is -0.311. The zero-order valence-electron chi connectivity index (χ0n) is 12.4. The molecule has 0 aromatic carbocycles. The molecule has 0 aliphatic rings. The summed E-state index contributed by atoms with van der Waals surface area (Å²) in [6.07, 6.45) is 2.92. The fraction of sp³-hybridized carbons (Fsp3) is 0.400. The predicted molar refractivity (Wildman–Crippen MR) is 78.4 cm³/mol. The van der Waals surface area contributed by atoms with Gasteiger partial charge >= 0.3 is 0 Å². The van der Waals surface area contributed by atoms with Gasteiger partial charge in [-0.15, -0.1) is 0 Å². The van der Waals surface area contributed by atoms with Crippen LogP contribution in [-0.2, 0) is 4.79 Å². The molecule has 0 aliphatic heterocycles. The normalized spacial score (nSPS) is 9.76. The number of aromatic nitrogens is 1. The maximum absolute atomic E-state index is 12.2. The Labute approximate surface area is 124 Å². The number of carbonyl (C=O) groups is 2. The number of hydrogen-bond donors (Lipinski definition) is 2.